The molecule has 0 aliphatic carbocycles. The lowest BCUT2D eigenvalue weighted by molar-refractivity contribution is 0.0735. The summed E-state index contributed by atoms with van der Waals surface area (Å²) in [5.41, 5.74) is 2.42. The molecule has 1 aliphatic heterocycles. The highest BCUT2D eigenvalue weighted by molar-refractivity contribution is 9.10. The van der Waals surface area contributed by atoms with Crippen LogP contribution in [0.4, 0.5) is 5.69 Å². The summed E-state index contributed by atoms with van der Waals surface area (Å²) in [6, 6.07) is 11.4. The quantitative estimate of drug-likeness (QED) is 0.855. The van der Waals surface area contributed by atoms with Crippen LogP contribution >= 0.6 is 15.9 Å². The first kappa shape index (κ1) is 16.6. The summed E-state index contributed by atoms with van der Waals surface area (Å²) in [7, 11) is 3.39. The van der Waals surface area contributed by atoms with Crippen molar-refractivity contribution < 1.29 is 14.3 Å². The molecule has 1 aliphatic rings. The van der Waals surface area contributed by atoms with Crippen LogP contribution in [0.15, 0.2) is 40.9 Å². The second-order valence-electron chi connectivity index (χ2n) is 5.48. The highest BCUT2D eigenvalue weighted by Crippen LogP contribution is 2.40. The van der Waals surface area contributed by atoms with Gasteiger partial charge in [-0.3, -0.25) is 4.79 Å². The van der Waals surface area contributed by atoms with Gasteiger partial charge in [0.2, 0.25) is 0 Å². The molecule has 126 valence electrons. The molecule has 24 heavy (non-hydrogen) atoms. The third-order valence-corrected chi connectivity index (χ3v) is 4.60. The van der Waals surface area contributed by atoms with Crippen molar-refractivity contribution >= 4 is 27.5 Å². The number of rotatable bonds is 4. The van der Waals surface area contributed by atoms with Gasteiger partial charge in [0.25, 0.3) is 5.91 Å². The minimum atomic E-state index is -0.284. The smallest absolute Gasteiger partial charge is 0.257 e. The number of para-hydroxylation sites is 1. The Morgan fingerprint density at radius 1 is 1.29 bits per heavy atom. The molecule has 2 aromatic rings. The average molecular weight is 391 g/mol. The lowest BCUT2D eigenvalue weighted by Gasteiger charge is -2.35. The molecule has 1 atom stereocenters. The maximum Gasteiger partial charge on any atom is 0.257 e. The first-order valence-corrected chi connectivity index (χ1v) is 8.49. The molecule has 1 unspecified atom stereocenters. The van der Waals surface area contributed by atoms with Gasteiger partial charge in [0.15, 0.2) is 11.5 Å². The van der Waals surface area contributed by atoms with Gasteiger partial charge in [-0.2, -0.15) is 0 Å². The molecule has 1 N–H and O–H groups in total. The Bertz CT molecular complexity index is 779. The van der Waals surface area contributed by atoms with Gasteiger partial charge in [0.1, 0.15) is 6.17 Å². The largest absolute Gasteiger partial charge is 0.492 e. The molecule has 5 nitrogen and oxygen atoms in total. The van der Waals surface area contributed by atoms with E-state index in [0.717, 1.165) is 15.7 Å². The number of anilines is 1. The fourth-order valence-corrected chi connectivity index (χ4v) is 3.48. The summed E-state index contributed by atoms with van der Waals surface area (Å²) >= 11 is 3.53. The van der Waals surface area contributed by atoms with Crippen LogP contribution in [0.2, 0.25) is 0 Å². The number of fused-ring (bicyclic) bond motifs is 1. The maximum atomic E-state index is 12.6. The molecular weight excluding hydrogens is 372 g/mol. The topological polar surface area (TPSA) is 50.8 Å². The number of hydrogen-bond donors (Lipinski definition) is 1. The van der Waals surface area contributed by atoms with E-state index in [1.165, 1.54) is 0 Å². The maximum absolute atomic E-state index is 12.6. The molecule has 0 bridgehead atoms. The molecule has 0 fully saturated rings. The standard InChI is InChI=1S/C18H19BrN2O3/c1-4-24-15-10-11(9-13(19)16(15)23-3)17-20-14-8-6-5-7-12(14)18(22)21(17)2/h5-10,17,20H,4H2,1-3H3. The van der Waals surface area contributed by atoms with Gasteiger partial charge in [-0.1, -0.05) is 12.1 Å². The first-order valence-electron chi connectivity index (χ1n) is 7.69. The summed E-state index contributed by atoms with van der Waals surface area (Å²) in [5, 5.41) is 3.42. The van der Waals surface area contributed by atoms with Crippen LogP contribution < -0.4 is 14.8 Å². The van der Waals surface area contributed by atoms with Crippen LogP contribution in [0.3, 0.4) is 0 Å². The van der Waals surface area contributed by atoms with Gasteiger partial charge in [-0.05, 0) is 52.7 Å². The zero-order valence-electron chi connectivity index (χ0n) is 13.8. The molecule has 2 aromatic carbocycles. The van der Waals surface area contributed by atoms with E-state index in [1.54, 1.807) is 19.1 Å². The first-order chi connectivity index (χ1) is 11.6. The average Bonchev–Trinajstić information content (AvgIpc) is 2.58. The molecule has 3 rings (SSSR count). The van der Waals surface area contributed by atoms with Crippen molar-refractivity contribution in [2.24, 2.45) is 0 Å². The number of hydrogen-bond acceptors (Lipinski definition) is 4. The Morgan fingerprint density at radius 2 is 2.04 bits per heavy atom. The van der Waals surface area contributed by atoms with Crippen molar-refractivity contribution in [1.29, 1.82) is 0 Å². The predicted molar refractivity (Wildman–Crippen MR) is 96.8 cm³/mol. The number of amides is 1. The summed E-state index contributed by atoms with van der Waals surface area (Å²) in [6.45, 7) is 2.45. The van der Waals surface area contributed by atoms with Gasteiger partial charge in [-0.25, -0.2) is 0 Å². The molecule has 0 aromatic heterocycles. The second kappa shape index (κ2) is 6.73. The SMILES string of the molecule is CCOc1cc(C2Nc3ccccc3C(=O)N2C)cc(Br)c1OC. The Hall–Kier alpha value is -2.21. The van der Waals surface area contributed by atoms with E-state index >= 15 is 0 Å². The van der Waals surface area contributed by atoms with E-state index in [1.807, 2.05) is 43.3 Å². The zero-order chi connectivity index (χ0) is 17.3. The summed E-state index contributed by atoms with van der Waals surface area (Å²) in [5.74, 6) is 1.27. The van der Waals surface area contributed by atoms with Crippen molar-refractivity contribution in [2.45, 2.75) is 13.1 Å². The second-order valence-corrected chi connectivity index (χ2v) is 6.33. The van der Waals surface area contributed by atoms with Gasteiger partial charge in [0, 0.05) is 12.7 Å². The Kier molecular flexibility index (Phi) is 4.66. The fraction of sp³-hybridized carbons (Fsp3) is 0.278. The van der Waals surface area contributed by atoms with Crippen LogP contribution in [0, 0.1) is 0 Å². The minimum absolute atomic E-state index is 0.0146. The van der Waals surface area contributed by atoms with Crippen molar-refractivity contribution in [1.82, 2.24) is 4.90 Å². The summed E-state index contributed by atoms with van der Waals surface area (Å²) < 4.78 is 11.9. The number of benzene rings is 2. The van der Waals surface area contributed by atoms with E-state index in [0.29, 0.717) is 23.7 Å². The van der Waals surface area contributed by atoms with Gasteiger partial charge in [0.05, 0.1) is 23.8 Å². The molecule has 6 heteroatoms. The van der Waals surface area contributed by atoms with Crippen molar-refractivity contribution in [3.8, 4) is 11.5 Å². The number of ether oxygens (including phenoxy) is 2. The summed E-state index contributed by atoms with van der Waals surface area (Å²) in [4.78, 5) is 14.3. The Morgan fingerprint density at radius 3 is 2.75 bits per heavy atom. The van der Waals surface area contributed by atoms with E-state index in [2.05, 4.69) is 21.2 Å². The van der Waals surface area contributed by atoms with Crippen molar-refractivity contribution in [3.05, 3.63) is 52.0 Å². The van der Waals surface area contributed by atoms with Crippen molar-refractivity contribution in [3.63, 3.8) is 0 Å². The third-order valence-electron chi connectivity index (χ3n) is 4.01. The van der Waals surface area contributed by atoms with Gasteiger partial charge in [-0.15, -0.1) is 0 Å². The van der Waals surface area contributed by atoms with E-state index in [-0.39, 0.29) is 12.1 Å². The summed E-state index contributed by atoms with van der Waals surface area (Å²) in [6.07, 6.45) is -0.284. The predicted octanol–water partition coefficient (Wildman–Crippen LogP) is 4.05. The molecule has 0 saturated carbocycles. The molecule has 1 heterocycles. The Labute approximate surface area is 149 Å². The number of nitrogens with zero attached hydrogens (tertiary/aromatic N) is 1. The monoisotopic (exact) mass is 390 g/mol. The van der Waals surface area contributed by atoms with Crippen LogP contribution in [-0.2, 0) is 0 Å². The number of carbonyl (C=O) groups excluding carboxylic acids is 1. The number of carbonyl (C=O) groups is 1. The fourth-order valence-electron chi connectivity index (χ4n) is 2.86. The Balaban J connectivity index is 2.04. The van der Waals surface area contributed by atoms with Gasteiger partial charge < -0.3 is 19.7 Å². The zero-order valence-corrected chi connectivity index (χ0v) is 15.4. The lowest BCUT2D eigenvalue weighted by atomic mass is 10.0. The number of nitrogens with one attached hydrogen (secondary N) is 1. The molecular formula is C18H19BrN2O3. The van der Waals surface area contributed by atoms with Crippen LogP contribution in [0.25, 0.3) is 0 Å². The van der Waals surface area contributed by atoms with E-state index in [9.17, 15) is 4.79 Å². The highest BCUT2D eigenvalue weighted by atomic mass is 79.9. The van der Waals surface area contributed by atoms with Crippen molar-refractivity contribution in [2.75, 3.05) is 26.1 Å². The van der Waals surface area contributed by atoms with E-state index in [4.69, 9.17) is 9.47 Å². The highest BCUT2D eigenvalue weighted by Gasteiger charge is 2.31. The molecule has 0 radical (unpaired) electrons. The minimum Gasteiger partial charge on any atom is -0.492 e. The number of halogens is 1. The van der Waals surface area contributed by atoms with E-state index < -0.39 is 0 Å². The molecule has 1 amide bonds. The van der Waals surface area contributed by atoms with Gasteiger partial charge >= 0.3 is 0 Å². The third kappa shape index (κ3) is 2.82. The lowest BCUT2D eigenvalue weighted by Crippen LogP contribution is -2.40. The van der Waals surface area contributed by atoms with Crippen LogP contribution in [0.1, 0.15) is 29.0 Å². The normalized spacial score (nSPS) is 16.4. The van der Waals surface area contributed by atoms with Crippen LogP contribution in [0.5, 0.6) is 11.5 Å². The number of methoxy groups -OCH3 is 1. The molecule has 0 saturated heterocycles. The van der Waals surface area contributed by atoms with Crippen LogP contribution in [-0.4, -0.2) is 31.6 Å². The molecule has 0 spiro atoms.